The lowest BCUT2D eigenvalue weighted by molar-refractivity contribution is 0.0956. The monoisotopic (exact) mass is 558 g/mol. The van der Waals surface area contributed by atoms with E-state index < -0.39 is 11.9 Å². The van der Waals surface area contributed by atoms with Gasteiger partial charge in [-0.05, 0) is 64.1 Å². The van der Waals surface area contributed by atoms with Crippen molar-refractivity contribution in [3.8, 4) is 22.8 Å². The van der Waals surface area contributed by atoms with Crippen LogP contribution in [0.4, 0.5) is 10.1 Å². The Morgan fingerprint density at radius 3 is 2.51 bits per heavy atom. The largest absolute Gasteiger partial charge is 0.494 e. The molecule has 3 aromatic carbocycles. The van der Waals surface area contributed by atoms with Crippen LogP contribution in [0.25, 0.3) is 11.3 Å². The number of carbonyl (C=O) groups excluding carboxylic acids is 1. The van der Waals surface area contributed by atoms with E-state index in [2.05, 4.69) is 15.6 Å². The number of nitrogens with two attached hydrogens (primary N) is 1. The number of hydrogen-bond acceptors (Lipinski definition) is 6. The number of nitrogen functional groups attached to an aromatic ring is 1. The van der Waals surface area contributed by atoms with Gasteiger partial charge in [0.25, 0.3) is 5.91 Å². The summed E-state index contributed by atoms with van der Waals surface area (Å²) < 4.78 is 27.6. The third-order valence-corrected chi connectivity index (χ3v) is 6.19. The summed E-state index contributed by atoms with van der Waals surface area (Å²) in [5.74, 6) is 0.101. The zero-order valence-electron chi connectivity index (χ0n) is 23.5. The predicted octanol–water partition coefficient (Wildman–Crippen LogP) is 5.64. The van der Waals surface area contributed by atoms with Crippen LogP contribution in [0, 0.1) is 11.2 Å². The molecule has 4 rings (SSSR count). The van der Waals surface area contributed by atoms with Crippen molar-refractivity contribution >= 4 is 17.4 Å². The first-order valence-corrected chi connectivity index (χ1v) is 13.5. The summed E-state index contributed by atoms with van der Waals surface area (Å²) in [5, 5.41) is 13.9. The van der Waals surface area contributed by atoms with Crippen LogP contribution in [0.15, 0.2) is 66.9 Å². The van der Waals surface area contributed by atoms with Gasteiger partial charge in [0.1, 0.15) is 23.5 Å². The van der Waals surface area contributed by atoms with Gasteiger partial charge in [-0.1, -0.05) is 18.2 Å². The molecular weight excluding hydrogens is 523 g/mol. The van der Waals surface area contributed by atoms with Crippen LogP contribution in [-0.4, -0.2) is 41.0 Å². The molecule has 0 radical (unpaired) electrons. The third-order valence-electron chi connectivity index (χ3n) is 6.19. The Morgan fingerprint density at radius 1 is 1.12 bits per heavy atom. The number of anilines is 1. The first-order chi connectivity index (χ1) is 19.7. The zero-order chi connectivity index (χ0) is 29.5. The number of amidine groups is 1. The molecule has 0 saturated carbocycles. The number of carbonyl (C=O) groups is 1. The highest BCUT2D eigenvalue weighted by atomic mass is 19.1. The van der Waals surface area contributed by atoms with Gasteiger partial charge in [-0.3, -0.25) is 10.2 Å². The number of imidazole rings is 1. The molecule has 1 atom stereocenters. The molecule has 41 heavy (non-hydrogen) atoms. The maximum atomic E-state index is 16.1. The fourth-order valence-corrected chi connectivity index (χ4v) is 4.38. The molecule has 10 heteroatoms. The molecule has 1 aromatic heterocycles. The van der Waals surface area contributed by atoms with Crippen molar-refractivity contribution in [2.45, 2.75) is 39.8 Å². The van der Waals surface area contributed by atoms with Crippen LogP contribution in [0.2, 0.25) is 0 Å². The molecule has 214 valence electrons. The number of halogens is 1. The minimum atomic E-state index is -0.807. The molecule has 0 aliphatic carbocycles. The molecule has 1 unspecified atom stereocenters. The van der Waals surface area contributed by atoms with Gasteiger partial charge in [-0.15, -0.1) is 0 Å². The first-order valence-electron chi connectivity index (χ1n) is 13.5. The van der Waals surface area contributed by atoms with Crippen molar-refractivity contribution in [2.75, 3.05) is 18.5 Å². The second-order valence-electron chi connectivity index (χ2n) is 9.57. The SMILES string of the molecule is CCNC(=O)c1ccccc1-c1c[nH]c(C(Nc2ccc(C(=N)N)cc2)c2cc(OCC)cc(OC(C)C)c2F)n1. The van der Waals surface area contributed by atoms with E-state index >= 15 is 4.39 Å². The average molecular weight is 559 g/mol. The van der Waals surface area contributed by atoms with Crippen molar-refractivity contribution in [1.82, 2.24) is 15.3 Å². The van der Waals surface area contributed by atoms with Gasteiger partial charge >= 0.3 is 0 Å². The molecule has 1 amide bonds. The Balaban J connectivity index is 1.84. The van der Waals surface area contributed by atoms with Crippen LogP contribution in [0.1, 0.15) is 61.0 Å². The van der Waals surface area contributed by atoms with Gasteiger partial charge in [-0.2, -0.15) is 0 Å². The van der Waals surface area contributed by atoms with Crippen LogP contribution < -0.4 is 25.8 Å². The average Bonchev–Trinajstić information content (AvgIpc) is 3.44. The summed E-state index contributed by atoms with van der Waals surface area (Å²) in [6.45, 7) is 8.23. The molecule has 1 heterocycles. The highest BCUT2D eigenvalue weighted by molar-refractivity contribution is 6.00. The highest BCUT2D eigenvalue weighted by Crippen LogP contribution is 2.36. The summed E-state index contributed by atoms with van der Waals surface area (Å²) in [7, 11) is 0. The Labute approximate surface area is 238 Å². The number of rotatable bonds is 12. The zero-order valence-corrected chi connectivity index (χ0v) is 23.5. The van der Waals surface area contributed by atoms with E-state index in [-0.39, 0.29) is 29.2 Å². The van der Waals surface area contributed by atoms with Crippen molar-refractivity contribution < 1.29 is 18.7 Å². The van der Waals surface area contributed by atoms with Gasteiger partial charge in [0.15, 0.2) is 11.6 Å². The number of amides is 1. The standard InChI is InChI=1S/C31H35FN6O3/c1-5-35-31(39)23-10-8-7-9-22(23)25-17-36-30(38-25)28(37-20-13-11-19(12-14-20)29(33)34)24-15-21(40-6-2)16-26(27(24)32)41-18(3)4/h7-18,28,37H,5-6H2,1-4H3,(H3,33,34)(H,35,39)(H,36,38). The molecule has 6 N–H and O–H groups in total. The maximum absolute atomic E-state index is 16.1. The minimum Gasteiger partial charge on any atom is -0.494 e. The van der Waals surface area contributed by atoms with Crippen LogP contribution in [0.5, 0.6) is 11.5 Å². The predicted molar refractivity (Wildman–Crippen MR) is 158 cm³/mol. The number of aromatic amines is 1. The fraction of sp³-hybridized carbons (Fsp3) is 0.258. The Bertz CT molecular complexity index is 1520. The van der Waals surface area contributed by atoms with Gasteiger partial charge < -0.3 is 30.8 Å². The summed E-state index contributed by atoms with van der Waals surface area (Å²) in [6, 6.07) is 16.5. The second kappa shape index (κ2) is 13.0. The number of hydrogen-bond donors (Lipinski definition) is 5. The number of aromatic nitrogens is 2. The first kappa shape index (κ1) is 29.1. The Morgan fingerprint density at radius 2 is 1.85 bits per heavy atom. The van der Waals surface area contributed by atoms with Crippen molar-refractivity contribution in [2.24, 2.45) is 5.73 Å². The van der Waals surface area contributed by atoms with E-state index in [1.807, 2.05) is 39.8 Å². The minimum absolute atomic E-state index is 0.0551. The molecule has 0 aliphatic rings. The molecule has 9 nitrogen and oxygen atoms in total. The van der Waals surface area contributed by atoms with E-state index in [9.17, 15) is 4.79 Å². The van der Waals surface area contributed by atoms with Crippen molar-refractivity contribution in [3.05, 3.63) is 95.2 Å². The van der Waals surface area contributed by atoms with Crippen LogP contribution in [0.3, 0.4) is 0 Å². The molecule has 0 aliphatic heterocycles. The van der Waals surface area contributed by atoms with Gasteiger partial charge in [0.2, 0.25) is 0 Å². The number of benzene rings is 3. The van der Waals surface area contributed by atoms with E-state index in [0.717, 1.165) is 0 Å². The number of nitrogens with zero attached hydrogens (tertiary/aromatic N) is 1. The second-order valence-corrected chi connectivity index (χ2v) is 9.57. The van der Waals surface area contributed by atoms with E-state index in [1.165, 1.54) is 6.07 Å². The summed E-state index contributed by atoms with van der Waals surface area (Å²) in [4.78, 5) is 20.7. The molecule has 0 bridgehead atoms. The lowest BCUT2D eigenvalue weighted by atomic mass is 10.0. The topological polar surface area (TPSA) is 138 Å². The number of ether oxygens (including phenoxy) is 2. The lowest BCUT2D eigenvalue weighted by Gasteiger charge is -2.22. The van der Waals surface area contributed by atoms with E-state index in [4.69, 9.17) is 25.6 Å². The molecule has 0 fully saturated rings. The summed E-state index contributed by atoms with van der Waals surface area (Å²) in [5.41, 5.74) is 8.72. The van der Waals surface area contributed by atoms with Crippen molar-refractivity contribution in [3.63, 3.8) is 0 Å². The van der Waals surface area contributed by atoms with Crippen LogP contribution in [-0.2, 0) is 0 Å². The van der Waals surface area contributed by atoms with Gasteiger partial charge in [0, 0.05) is 46.7 Å². The smallest absolute Gasteiger partial charge is 0.251 e. The number of H-pyrrole nitrogens is 1. The quantitative estimate of drug-likeness (QED) is 0.113. The summed E-state index contributed by atoms with van der Waals surface area (Å²) >= 11 is 0. The lowest BCUT2D eigenvalue weighted by Crippen LogP contribution is -2.23. The maximum Gasteiger partial charge on any atom is 0.251 e. The normalized spacial score (nSPS) is 11.7. The van der Waals surface area contributed by atoms with Gasteiger partial charge in [-0.25, -0.2) is 9.37 Å². The Hall–Kier alpha value is -4.86. The molecule has 4 aromatic rings. The van der Waals surface area contributed by atoms with Crippen LogP contribution >= 0.6 is 0 Å². The summed E-state index contributed by atoms with van der Waals surface area (Å²) in [6.07, 6.45) is 1.43. The highest BCUT2D eigenvalue weighted by Gasteiger charge is 2.26. The molecule has 0 saturated heterocycles. The Kier molecular flexibility index (Phi) is 9.23. The van der Waals surface area contributed by atoms with E-state index in [1.54, 1.807) is 48.7 Å². The number of nitrogens with one attached hydrogen (secondary N) is 4. The molecular formula is C31H35FN6O3. The molecule has 0 spiro atoms. The third kappa shape index (κ3) is 6.84. The fourth-order valence-electron chi connectivity index (χ4n) is 4.38. The van der Waals surface area contributed by atoms with Gasteiger partial charge in [0.05, 0.1) is 18.4 Å². The van der Waals surface area contributed by atoms with E-state index in [0.29, 0.717) is 52.8 Å². The van der Waals surface area contributed by atoms with Crippen molar-refractivity contribution in [1.29, 1.82) is 5.41 Å².